The fourth-order valence-corrected chi connectivity index (χ4v) is 2.00. The topological polar surface area (TPSA) is 92.2 Å². The molecule has 0 radical (unpaired) electrons. The number of carbonyl (C=O) groups is 2. The second-order valence-electron chi connectivity index (χ2n) is 4.60. The van der Waals surface area contributed by atoms with Gasteiger partial charge in [-0.1, -0.05) is 0 Å². The minimum atomic E-state index is -1.01. The van der Waals surface area contributed by atoms with Gasteiger partial charge in [0.2, 0.25) is 0 Å². The number of anilines is 1. The highest BCUT2D eigenvalue weighted by Gasteiger charge is 2.08. The second-order valence-corrected chi connectivity index (χ2v) is 4.60. The molecule has 6 heteroatoms. The highest BCUT2D eigenvalue weighted by molar-refractivity contribution is 6.06. The monoisotopic (exact) mass is 293 g/mol. The molecule has 2 aromatic carbocycles. The van der Waals surface area contributed by atoms with E-state index in [0.717, 1.165) is 0 Å². The van der Waals surface area contributed by atoms with Crippen LogP contribution in [0.15, 0.2) is 54.9 Å². The third-order valence-electron chi connectivity index (χ3n) is 3.12. The first-order valence-electron chi connectivity index (χ1n) is 6.49. The van der Waals surface area contributed by atoms with Gasteiger partial charge in [-0.05, 0) is 42.5 Å². The molecule has 0 fully saturated rings. The molecule has 1 aromatic heterocycles. The van der Waals surface area contributed by atoms with Crippen molar-refractivity contribution in [1.82, 2.24) is 9.97 Å². The lowest BCUT2D eigenvalue weighted by Gasteiger charge is -2.06. The normalized spacial score (nSPS) is 10.4. The zero-order valence-corrected chi connectivity index (χ0v) is 11.4. The molecule has 0 unspecified atom stereocenters. The largest absolute Gasteiger partial charge is 0.478 e. The molecule has 3 rings (SSSR count). The molecule has 2 N–H and O–H groups in total. The fraction of sp³-hybridized carbons (Fsp3) is 0. The maximum absolute atomic E-state index is 12.2. The van der Waals surface area contributed by atoms with E-state index in [2.05, 4.69) is 15.3 Å². The minimum absolute atomic E-state index is 0.166. The Morgan fingerprint density at radius 2 is 1.50 bits per heavy atom. The molecule has 3 aromatic rings. The first kappa shape index (κ1) is 13.7. The van der Waals surface area contributed by atoms with Crippen molar-refractivity contribution < 1.29 is 14.7 Å². The predicted molar refractivity (Wildman–Crippen MR) is 80.9 cm³/mol. The SMILES string of the molecule is O=C(O)c1ccc(NC(=O)c2ccc3nccnc3c2)cc1. The van der Waals surface area contributed by atoms with Crippen LogP contribution in [0.2, 0.25) is 0 Å². The molecule has 0 bridgehead atoms. The minimum Gasteiger partial charge on any atom is -0.478 e. The van der Waals surface area contributed by atoms with E-state index < -0.39 is 5.97 Å². The van der Waals surface area contributed by atoms with E-state index in [1.807, 2.05) is 0 Å². The Labute approximate surface area is 125 Å². The number of nitrogens with zero attached hydrogens (tertiary/aromatic N) is 2. The third kappa shape index (κ3) is 2.76. The number of rotatable bonds is 3. The van der Waals surface area contributed by atoms with Crippen LogP contribution < -0.4 is 5.32 Å². The second kappa shape index (κ2) is 5.61. The summed E-state index contributed by atoms with van der Waals surface area (Å²) in [6.07, 6.45) is 3.15. The van der Waals surface area contributed by atoms with Crippen molar-refractivity contribution in [2.75, 3.05) is 5.32 Å². The van der Waals surface area contributed by atoms with Gasteiger partial charge < -0.3 is 10.4 Å². The zero-order valence-electron chi connectivity index (χ0n) is 11.4. The van der Waals surface area contributed by atoms with Crippen molar-refractivity contribution in [2.45, 2.75) is 0 Å². The van der Waals surface area contributed by atoms with Gasteiger partial charge in [-0.15, -0.1) is 0 Å². The van der Waals surface area contributed by atoms with Gasteiger partial charge in [-0.25, -0.2) is 4.79 Å². The van der Waals surface area contributed by atoms with Crippen LogP contribution in [-0.2, 0) is 0 Å². The van der Waals surface area contributed by atoms with Crippen LogP contribution in [0.25, 0.3) is 11.0 Å². The Balaban J connectivity index is 1.81. The molecule has 0 aliphatic carbocycles. The number of carboxylic acid groups (broad SMARTS) is 1. The van der Waals surface area contributed by atoms with Gasteiger partial charge in [-0.2, -0.15) is 0 Å². The summed E-state index contributed by atoms with van der Waals surface area (Å²) in [6, 6.07) is 11.0. The summed E-state index contributed by atoms with van der Waals surface area (Å²) in [4.78, 5) is 31.3. The molecular weight excluding hydrogens is 282 g/mol. The Bertz CT molecular complexity index is 860. The fourth-order valence-electron chi connectivity index (χ4n) is 2.00. The molecule has 0 aliphatic heterocycles. The Morgan fingerprint density at radius 1 is 0.864 bits per heavy atom. The van der Waals surface area contributed by atoms with Crippen LogP contribution in [0.3, 0.4) is 0 Å². The third-order valence-corrected chi connectivity index (χ3v) is 3.12. The number of carbonyl (C=O) groups excluding carboxylic acids is 1. The van der Waals surface area contributed by atoms with Gasteiger partial charge in [0, 0.05) is 23.6 Å². The molecule has 0 saturated heterocycles. The highest BCUT2D eigenvalue weighted by Crippen LogP contribution is 2.14. The number of carboxylic acids is 1. The molecule has 108 valence electrons. The molecule has 1 heterocycles. The molecular formula is C16H11N3O3. The van der Waals surface area contributed by atoms with Crippen molar-refractivity contribution in [1.29, 1.82) is 0 Å². The summed E-state index contributed by atoms with van der Waals surface area (Å²) in [6.45, 7) is 0. The summed E-state index contributed by atoms with van der Waals surface area (Å²) in [7, 11) is 0. The van der Waals surface area contributed by atoms with Gasteiger partial charge in [-0.3, -0.25) is 14.8 Å². The zero-order chi connectivity index (χ0) is 15.5. The van der Waals surface area contributed by atoms with E-state index in [1.54, 1.807) is 42.7 Å². The van der Waals surface area contributed by atoms with Gasteiger partial charge in [0.15, 0.2) is 0 Å². The first-order chi connectivity index (χ1) is 10.6. The summed E-state index contributed by atoms with van der Waals surface area (Å²) in [5.41, 5.74) is 2.49. The van der Waals surface area contributed by atoms with E-state index in [4.69, 9.17) is 5.11 Å². The first-order valence-corrected chi connectivity index (χ1v) is 6.49. The number of hydrogen-bond donors (Lipinski definition) is 2. The van der Waals surface area contributed by atoms with Crippen molar-refractivity contribution in [3.63, 3.8) is 0 Å². The number of hydrogen-bond acceptors (Lipinski definition) is 4. The highest BCUT2D eigenvalue weighted by atomic mass is 16.4. The number of aromatic carboxylic acids is 1. The molecule has 0 saturated carbocycles. The van der Waals surface area contributed by atoms with Crippen molar-refractivity contribution in [3.05, 3.63) is 66.0 Å². The van der Waals surface area contributed by atoms with E-state index in [1.165, 1.54) is 12.1 Å². The summed E-state index contributed by atoms with van der Waals surface area (Å²) >= 11 is 0. The van der Waals surface area contributed by atoms with E-state index in [9.17, 15) is 9.59 Å². The lowest BCUT2D eigenvalue weighted by Crippen LogP contribution is -2.12. The average molecular weight is 293 g/mol. The van der Waals surface area contributed by atoms with Crippen LogP contribution in [-0.4, -0.2) is 27.0 Å². The number of amides is 1. The van der Waals surface area contributed by atoms with Crippen LogP contribution in [0.1, 0.15) is 20.7 Å². The van der Waals surface area contributed by atoms with E-state index in [0.29, 0.717) is 22.3 Å². The molecule has 6 nitrogen and oxygen atoms in total. The predicted octanol–water partition coefficient (Wildman–Crippen LogP) is 2.58. The van der Waals surface area contributed by atoms with Crippen LogP contribution in [0.5, 0.6) is 0 Å². The summed E-state index contributed by atoms with van der Waals surface area (Å²) in [5.74, 6) is -1.30. The average Bonchev–Trinajstić information content (AvgIpc) is 2.55. The number of aromatic nitrogens is 2. The number of fused-ring (bicyclic) bond motifs is 1. The lowest BCUT2D eigenvalue weighted by atomic mass is 10.1. The Kier molecular flexibility index (Phi) is 3.49. The molecule has 1 amide bonds. The van der Waals surface area contributed by atoms with Gasteiger partial charge in [0.25, 0.3) is 5.91 Å². The van der Waals surface area contributed by atoms with Crippen LogP contribution >= 0.6 is 0 Å². The van der Waals surface area contributed by atoms with Crippen molar-refractivity contribution >= 4 is 28.6 Å². The maximum Gasteiger partial charge on any atom is 0.335 e. The summed E-state index contributed by atoms with van der Waals surface area (Å²) < 4.78 is 0. The van der Waals surface area contributed by atoms with Crippen molar-refractivity contribution in [3.8, 4) is 0 Å². The number of nitrogens with one attached hydrogen (secondary N) is 1. The van der Waals surface area contributed by atoms with Crippen LogP contribution in [0, 0.1) is 0 Å². The number of benzene rings is 2. The van der Waals surface area contributed by atoms with Gasteiger partial charge in [0.1, 0.15) is 0 Å². The standard InChI is InChI=1S/C16H11N3O3/c20-15(19-12-4-1-10(2-5-12)16(21)22)11-3-6-13-14(9-11)18-8-7-17-13/h1-9H,(H,19,20)(H,21,22). The quantitative estimate of drug-likeness (QED) is 0.774. The van der Waals surface area contributed by atoms with Gasteiger partial charge in [0.05, 0.1) is 16.6 Å². The molecule has 22 heavy (non-hydrogen) atoms. The Hall–Kier alpha value is -3.28. The summed E-state index contributed by atoms with van der Waals surface area (Å²) in [5, 5.41) is 11.5. The van der Waals surface area contributed by atoms with E-state index in [-0.39, 0.29) is 11.5 Å². The maximum atomic E-state index is 12.2. The lowest BCUT2D eigenvalue weighted by molar-refractivity contribution is 0.0696. The van der Waals surface area contributed by atoms with Gasteiger partial charge >= 0.3 is 5.97 Å². The molecule has 0 spiro atoms. The van der Waals surface area contributed by atoms with Crippen LogP contribution in [0.4, 0.5) is 5.69 Å². The van der Waals surface area contributed by atoms with Crippen molar-refractivity contribution in [2.24, 2.45) is 0 Å². The molecule has 0 aliphatic rings. The smallest absolute Gasteiger partial charge is 0.335 e. The Morgan fingerprint density at radius 3 is 2.18 bits per heavy atom. The van der Waals surface area contributed by atoms with E-state index >= 15 is 0 Å². The molecule has 0 atom stereocenters.